The Balaban J connectivity index is 1.84. The first-order chi connectivity index (χ1) is 7.27. The zero-order chi connectivity index (χ0) is 10.7. The molecule has 0 unspecified atom stereocenters. The van der Waals surface area contributed by atoms with Gasteiger partial charge in [0.1, 0.15) is 0 Å². The minimum atomic E-state index is 0.429. The second-order valence-electron chi connectivity index (χ2n) is 4.70. The molecule has 1 aliphatic heterocycles. The van der Waals surface area contributed by atoms with Gasteiger partial charge in [0.2, 0.25) is 0 Å². The van der Waals surface area contributed by atoms with Gasteiger partial charge in [-0.15, -0.1) is 0 Å². The minimum absolute atomic E-state index is 0.429. The third-order valence-corrected chi connectivity index (χ3v) is 3.66. The fourth-order valence-corrected chi connectivity index (χ4v) is 2.56. The van der Waals surface area contributed by atoms with Crippen LogP contribution in [0.2, 0.25) is 0 Å². The molecule has 3 heteroatoms. The molecule has 1 heterocycles. The Morgan fingerprint density at radius 3 is 2.33 bits per heavy atom. The van der Waals surface area contributed by atoms with Gasteiger partial charge in [-0.05, 0) is 31.6 Å². The molecule has 0 bridgehead atoms. The van der Waals surface area contributed by atoms with Crippen LogP contribution in [-0.2, 0) is 4.74 Å². The zero-order valence-electron chi connectivity index (χ0n) is 9.45. The summed E-state index contributed by atoms with van der Waals surface area (Å²) in [5, 5.41) is 0. The molecule has 2 N–H and O–H groups in total. The Kier molecular flexibility index (Phi) is 3.65. The van der Waals surface area contributed by atoms with E-state index in [1.165, 1.54) is 18.5 Å². The molecule has 0 aromatic rings. The van der Waals surface area contributed by atoms with E-state index in [0.29, 0.717) is 12.0 Å². The molecule has 2 fully saturated rings. The lowest BCUT2D eigenvalue weighted by molar-refractivity contribution is 0.0469. The number of nitrogens with two attached hydrogens (primary N) is 1. The van der Waals surface area contributed by atoms with Crippen LogP contribution in [0.4, 0.5) is 0 Å². The predicted octanol–water partition coefficient (Wildman–Crippen LogP) is 1.35. The van der Waals surface area contributed by atoms with E-state index < -0.39 is 0 Å². The van der Waals surface area contributed by atoms with E-state index in [2.05, 4.69) is 11.5 Å². The molecule has 0 aromatic heterocycles. The molecule has 1 saturated heterocycles. The first-order valence-corrected chi connectivity index (χ1v) is 6.04. The van der Waals surface area contributed by atoms with Gasteiger partial charge in [-0.25, -0.2) is 0 Å². The molecular formula is C12H22N2O. The van der Waals surface area contributed by atoms with Gasteiger partial charge in [-0.2, -0.15) is 0 Å². The van der Waals surface area contributed by atoms with Crippen LogP contribution in [-0.4, -0.2) is 37.2 Å². The molecule has 2 rings (SSSR count). The number of morpholine rings is 1. The van der Waals surface area contributed by atoms with E-state index >= 15 is 0 Å². The monoisotopic (exact) mass is 210 g/mol. The van der Waals surface area contributed by atoms with Crippen LogP contribution < -0.4 is 5.73 Å². The van der Waals surface area contributed by atoms with E-state index in [-0.39, 0.29) is 0 Å². The van der Waals surface area contributed by atoms with Crippen molar-refractivity contribution in [3.8, 4) is 0 Å². The molecule has 0 amide bonds. The normalized spacial score (nSPS) is 32.7. The number of nitrogens with zero attached hydrogens (tertiary/aromatic N) is 1. The van der Waals surface area contributed by atoms with Crippen molar-refractivity contribution in [3.63, 3.8) is 0 Å². The first-order valence-electron chi connectivity index (χ1n) is 6.04. The minimum Gasteiger partial charge on any atom is -0.378 e. The standard InChI is InChI=1S/C12H22N2O/c1-10(14-6-8-15-9-7-14)11-2-4-12(13)5-3-11/h11-12H,1-9,13H2/t11-,12+. The Labute approximate surface area is 92.3 Å². The Morgan fingerprint density at radius 2 is 1.73 bits per heavy atom. The van der Waals surface area contributed by atoms with E-state index in [1.54, 1.807) is 0 Å². The second kappa shape index (κ2) is 4.99. The molecule has 0 aromatic carbocycles. The molecule has 86 valence electrons. The van der Waals surface area contributed by atoms with Gasteiger partial charge in [0.25, 0.3) is 0 Å². The van der Waals surface area contributed by atoms with Crippen molar-refractivity contribution in [3.05, 3.63) is 12.3 Å². The molecule has 0 atom stereocenters. The number of ether oxygens (including phenoxy) is 1. The van der Waals surface area contributed by atoms with Gasteiger partial charge in [-0.3, -0.25) is 0 Å². The first kappa shape index (κ1) is 11.0. The van der Waals surface area contributed by atoms with E-state index in [4.69, 9.17) is 10.5 Å². The lowest BCUT2D eigenvalue weighted by atomic mass is 9.84. The summed E-state index contributed by atoms with van der Waals surface area (Å²) in [5.41, 5.74) is 7.24. The summed E-state index contributed by atoms with van der Waals surface area (Å²) >= 11 is 0. The van der Waals surface area contributed by atoms with Gasteiger partial charge < -0.3 is 15.4 Å². The maximum atomic E-state index is 5.91. The highest BCUT2D eigenvalue weighted by Crippen LogP contribution is 2.30. The lowest BCUT2D eigenvalue weighted by Gasteiger charge is -2.37. The highest BCUT2D eigenvalue weighted by Gasteiger charge is 2.24. The molecule has 3 nitrogen and oxygen atoms in total. The number of allylic oxidation sites excluding steroid dienone is 1. The third kappa shape index (κ3) is 2.73. The highest BCUT2D eigenvalue weighted by molar-refractivity contribution is 5.02. The molecule has 15 heavy (non-hydrogen) atoms. The zero-order valence-corrected chi connectivity index (χ0v) is 9.45. The fourth-order valence-electron chi connectivity index (χ4n) is 2.56. The number of rotatable bonds is 2. The smallest absolute Gasteiger partial charge is 0.0642 e. The average Bonchev–Trinajstić information content (AvgIpc) is 2.30. The largest absolute Gasteiger partial charge is 0.378 e. The Bertz CT molecular complexity index is 216. The fraction of sp³-hybridized carbons (Fsp3) is 0.833. The molecule has 0 spiro atoms. The van der Waals surface area contributed by atoms with Crippen LogP contribution >= 0.6 is 0 Å². The lowest BCUT2D eigenvalue weighted by Crippen LogP contribution is -2.39. The van der Waals surface area contributed by atoms with Gasteiger partial charge in [0.15, 0.2) is 0 Å². The van der Waals surface area contributed by atoms with E-state index in [9.17, 15) is 0 Å². The number of hydrogen-bond acceptors (Lipinski definition) is 3. The quantitative estimate of drug-likeness (QED) is 0.747. The van der Waals surface area contributed by atoms with Gasteiger partial charge >= 0.3 is 0 Å². The highest BCUT2D eigenvalue weighted by atomic mass is 16.5. The molecule has 0 radical (unpaired) electrons. The van der Waals surface area contributed by atoms with Crippen molar-refractivity contribution >= 4 is 0 Å². The van der Waals surface area contributed by atoms with Crippen LogP contribution in [0.15, 0.2) is 12.3 Å². The summed E-state index contributed by atoms with van der Waals surface area (Å²) in [6.45, 7) is 7.99. The summed E-state index contributed by atoms with van der Waals surface area (Å²) in [5.74, 6) is 0.669. The third-order valence-electron chi connectivity index (χ3n) is 3.66. The molecule has 2 aliphatic rings. The summed E-state index contributed by atoms with van der Waals surface area (Å²) < 4.78 is 5.35. The van der Waals surface area contributed by atoms with Crippen LogP contribution in [0.3, 0.4) is 0 Å². The van der Waals surface area contributed by atoms with Crippen molar-refractivity contribution in [1.29, 1.82) is 0 Å². The van der Waals surface area contributed by atoms with Crippen LogP contribution in [0.1, 0.15) is 25.7 Å². The second-order valence-corrected chi connectivity index (χ2v) is 4.70. The average molecular weight is 210 g/mol. The topological polar surface area (TPSA) is 38.5 Å². The van der Waals surface area contributed by atoms with E-state index in [0.717, 1.165) is 39.1 Å². The van der Waals surface area contributed by atoms with Crippen molar-refractivity contribution in [2.75, 3.05) is 26.3 Å². The van der Waals surface area contributed by atoms with Crippen molar-refractivity contribution < 1.29 is 4.74 Å². The Morgan fingerprint density at radius 1 is 1.13 bits per heavy atom. The summed E-state index contributed by atoms with van der Waals surface area (Å²) in [6.07, 6.45) is 4.76. The van der Waals surface area contributed by atoms with Gasteiger partial charge in [0, 0.05) is 24.8 Å². The van der Waals surface area contributed by atoms with Gasteiger partial charge in [-0.1, -0.05) is 6.58 Å². The van der Waals surface area contributed by atoms with Crippen LogP contribution in [0.25, 0.3) is 0 Å². The van der Waals surface area contributed by atoms with Crippen molar-refractivity contribution in [2.45, 2.75) is 31.7 Å². The summed E-state index contributed by atoms with van der Waals surface area (Å²) in [6, 6.07) is 0.429. The number of hydrogen-bond donors (Lipinski definition) is 1. The van der Waals surface area contributed by atoms with Crippen molar-refractivity contribution in [1.82, 2.24) is 4.90 Å². The van der Waals surface area contributed by atoms with Crippen molar-refractivity contribution in [2.24, 2.45) is 11.7 Å². The van der Waals surface area contributed by atoms with Crippen LogP contribution in [0, 0.1) is 5.92 Å². The maximum Gasteiger partial charge on any atom is 0.0642 e. The predicted molar refractivity (Wildman–Crippen MR) is 61.5 cm³/mol. The molecule has 1 aliphatic carbocycles. The Hall–Kier alpha value is -0.540. The summed E-state index contributed by atoms with van der Waals surface area (Å²) in [7, 11) is 0. The molecule has 1 saturated carbocycles. The van der Waals surface area contributed by atoms with Crippen LogP contribution in [0.5, 0.6) is 0 Å². The van der Waals surface area contributed by atoms with E-state index in [1.807, 2.05) is 0 Å². The SMILES string of the molecule is C=C([C@H]1CC[C@@H](N)CC1)N1CCOCC1. The summed E-state index contributed by atoms with van der Waals surface area (Å²) in [4.78, 5) is 2.39. The maximum absolute atomic E-state index is 5.91. The molecular weight excluding hydrogens is 188 g/mol. The van der Waals surface area contributed by atoms with Gasteiger partial charge in [0.05, 0.1) is 13.2 Å².